The van der Waals surface area contributed by atoms with E-state index in [1.54, 1.807) is 19.9 Å². The number of aryl methyl sites for hydroxylation is 1. The van der Waals surface area contributed by atoms with Crippen LogP contribution < -0.4 is 14.8 Å². The largest absolute Gasteiger partial charge is 0.507 e. The second-order valence-corrected chi connectivity index (χ2v) is 9.70. The molecule has 0 spiro atoms. The first-order valence-electron chi connectivity index (χ1n) is 10.4. The van der Waals surface area contributed by atoms with E-state index in [0.717, 1.165) is 17.3 Å². The molecule has 32 heavy (non-hydrogen) atoms. The number of phenolic OH excluding ortho intramolecular Hbond substituents is 1. The summed E-state index contributed by atoms with van der Waals surface area (Å²) in [7, 11) is 0. The fourth-order valence-electron chi connectivity index (χ4n) is 4.08. The SMILES string of the molecule is Cc1cc2c(c(C)c1O)C(=O)CC(C)(CCOc1ccc(CC3SC(=O)NC3=O)cc1)O2. The molecule has 0 radical (unpaired) electrons. The zero-order valence-corrected chi connectivity index (χ0v) is 19.0. The molecule has 7 nitrogen and oxygen atoms in total. The standard InChI is InChI=1S/C24H25NO6S/c1-13-10-18-20(14(2)21(13)27)17(26)12-24(3,31-18)8-9-30-16-6-4-15(5-7-16)11-19-22(28)25-23(29)32-19/h4-7,10,19,27H,8-9,11-12H2,1-3H3,(H,25,28,29). The number of phenols is 1. The van der Waals surface area contributed by atoms with E-state index < -0.39 is 10.9 Å². The van der Waals surface area contributed by atoms with Gasteiger partial charge in [-0.05, 0) is 56.5 Å². The third-order valence-corrected chi connectivity index (χ3v) is 6.86. The number of hydrogen-bond acceptors (Lipinski definition) is 7. The number of fused-ring (bicyclic) bond motifs is 1. The first-order chi connectivity index (χ1) is 15.1. The zero-order chi connectivity index (χ0) is 23.0. The lowest BCUT2D eigenvalue weighted by Gasteiger charge is -2.35. The van der Waals surface area contributed by atoms with Crippen LogP contribution in [0.1, 0.15) is 46.8 Å². The Labute approximate surface area is 190 Å². The summed E-state index contributed by atoms with van der Waals surface area (Å²) in [6.07, 6.45) is 1.20. The molecule has 168 valence electrons. The second-order valence-electron chi connectivity index (χ2n) is 8.52. The molecular formula is C24H25NO6S. The molecular weight excluding hydrogens is 430 g/mol. The van der Waals surface area contributed by atoms with E-state index in [-0.39, 0.29) is 29.1 Å². The molecule has 2 aliphatic heterocycles. The van der Waals surface area contributed by atoms with Gasteiger partial charge in [-0.1, -0.05) is 23.9 Å². The summed E-state index contributed by atoms with van der Waals surface area (Å²) in [5, 5.41) is 11.7. The summed E-state index contributed by atoms with van der Waals surface area (Å²) in [5.41, 5.74) is 1.93. The van der Waals surface area contributed by atoms with E-state index in [4.69, 9.17) is 9.47 Å². The number of ketones is 1. The molecule has 2 N–H and O–H groups in total. The van der Waals surface area contributed by atoms with Crippen molar-refractivity contribution in [2.45, 2.75) is 50.9 Å². The van der Waals surface area contributed by atoms with Gasteiger partial charge in [-0.15, -0.1) is 0 Å². The summed E-state index contributed by atoms with van der Waals surface area (Å²) in [4.78, 5) is 35.8. The summed E-state index contributed by atoms with van der Waals surface area (Å²) in [5.74, 6) is 1.02. The molecule has 2 aliphatic rings. The Morgan fingerprint density at radius 3 is 2.59 bits per heavy atom. The maximum atomic E-state index is 12.8. The second kappa shape index (κ2) is 8.50. The van der Waals surface area contributed by atoms with Crippen LogP contribution in [0, 0.1) is 13.8 Å². The van der Waals surface area contributed by atoms with Crippen LogP contribution in [0.2, 0.25) is 0 Å². The smallest absolute Gasteiger partial charge is 0.286 e. The zero-order valence-electron chi connectivity index (χ0n) is 18.2. The summed E-state index contributed by atoms with van der Waals surface area (Å²) in [6, 6.07) is 9.12. The minimum absolute atomic E-state index is 0.0433. The lowest BCUT2D eigenvalue weighted by atomic mass is 9.86. The van der Waals surface area contributed by atoms with Crippen molar-refractivity contribution in [1.82, 2.24) is 5.32 Å². The predicted octanol–water partition coefficient (Wildman–Crippen LogP) is 4.10. The van der Waals surface area contributed by atoms with Crippen LogP contribution in [0.25, 0.3) is 0 Å². The minimum atomic E-state index is -0.695. The highest BCUT2D eigenvalue weighted by Gasteiger charge is 2.38. The van der Waals surface area contributed by atoms with Crippen LogP contribution in [0.15, 0.2) is 30.3 Å². The average Bonchev–Trinajstić information content (AvgIpc) is 3.03. The minimum Gasteiger partial charge on any atom is -0.507 e. The van der Waals surface area contributed by atoms with Crippen molar-refractivity contribution in [3.05, 3.63) is 52.6 Å². The van der Waals surface area contributed by atoms with Crippen LogP contribution in [0.3, 0.4) is 0 Å². The molecule has 4 rings (SSSR count). The number of benzene rings is 2. The van der Waals surface area contributed by atoms with E-state index in [0.29, 0.717) is 47.6 Å². The van der Waals surface area contributed by atoms with Gasteiger partial charge in [0.25, 0.3) is 5.24 Å². The van der Waals surface area contributed by atoms with E-state index in [1.165, 1.54) is 0 Å². The highest BCUT2D eigenvalue weighted by molar-refractivity contribution is 8.15. The van der Waals surface area contributed by atoms with Gasteiger partial charge >= 0.3 is 0 Å². The maximum absolute atomic E-state index is 12.8. The Morgan fingerprint density at radius 1 is 1.22 bits per heavy atom. The number of thioether (sulfide) groups is 1. The van der Waals surface area contributed by atoms with Crippen LogP contribution in [0.5, 0.6) is 17.2 Å². The van der Waals surface area contributed by atoms with Gasteiger partial charge in [0, 0.05) is 12.0 Å². The molecule has 0 saturated carbocycles. The highest BCUT2D eigenvalue weighted by atomic mass is 32.2. The molecule has 2 aromatic rings. The molecule has 2 amide bonds. The normalized spacial score (nSPS) is 22.3. The molecule has 0 aromatic heterocycles. The quantitative estimate of drug-likeness (QED) is 0.676. The Morgan fingerprint density at radius 2 is 1.94 bits per heavy atom. The number of aromatic hydroxyl groups is 1. The van der Waals surface area contributed by atoms with Gasteiger partial charge in [0.2, 0.25) is 5.91 Å². The molecule has 2 unspecified atom stereocenters. The molecule has 1 saturated heterocycles. The molecule has 1 fully saturated rings. The highest BCUT2D eigenvalue weighted by Crippen LogP contribution is 2.41. The van der Waals surface area contributed by atoms with Crippen LogP contribution in [-0.2, 0) is 11.2 Å². The van der Waals surface area contributed by atoms with Crippen molar-refractivity contribution >= 4 is 28.7 Å². The number of hydrogen-bond donors (Lipinski definition) is 2. The third kappa shape index (κ3) is 4.46. The van der Waals surface area contributed by atoms with E-state index >= 15 is 0 Å². The lowest BCUT2D eigenvalue weighted by Crippen LogP contribution is -2.40. The fourth-order valence-corrected chi connectivity index (χ4v) is 4.94. The monoisotopic (exact) mass is 455 g/mol. The first kappa shape index (κ1) is 22.2. The molecule has 2 aromatic carbocycles. The number of rotatable bonds is 6. The Bertz CT molecular complexity index is 1100. The number of carbonyl (C=O) groups is 3. The van der Waals surface area contributed by atoms with Crippen molar-refractivity contribution in [2.24, 2.45) is 0 Å². The predicted molar refractivity (Wildman–Crippen MR) is 121 cm³/mol. The number of ether oxygens (including phenoxy) is 2. The Balaban J connectivity index is 1.35. The first-order valence-corrected chi connectivity index (χ1v) is 11.3. The molecule has 8 heteroatoms. The van der Waals surface area contributed by atoms with Crippen molar-refractivity contribution in [3.63, 3.8) is 0 Å². The summed E-state index contributed by atoms with van der Waals surface area (Å²) < 4.78 is 12.0. The molecule has 0 aliphatic carbocycles. The molecule has 2 heterocycles. The van der Waals surface area contributed by atoms with Gasteiger partial charge in [-0.25, -0.2) is 0 Å². The van der Waals surface area contributed by atoms with Gasteiger partial charge in [0.1, 0.15) is 22.8 Å². The Kier molecular flexibility index (Phi) is 5.90. The van der Waals surface area contributed by atoms with Crippen molar-refractivity contribution in [2.75, 3.05) is 6.61 Å². The lowest BCUT2D eigenvalue weighted by molar-refractivity contribution is -0.118. The number of Topliss-reactive ketones (excluding diaryl/α,β-unsaturated/α-hetero) is 1. The van der Waals surface area contributed by atoms with Crippen molar-refractivity contribution in [3.8, 4) is 17.2 Å². The van der Waals surface area contributed by atoms with Crippen LogP contribution in [-0.4, -0.2) is 39.5 Å². The number of imide groups is 1. The van der Waals surface area contributed by atoms with Gasteiger partial charge in [0.05, 0.1) is 23.8 Å². The van der Waals surface area contributed by atoms with E-state index in [9.17, 15) is 19.5 Å². The number of carbonyl (C=O) groups excluding carboxylic acids is 3. The summed E-state index contributed by atoms with van der Waals surface area (Å²) >= 11 is 1.01. The fraction of sp³-hybridized carbons (Fsp3) is 0.375. The third-order valence-electron chi connectivity index (χ3n) is 5.88. The molecule has 0 bridgehead atoms. The Hall–Kier alpha value is -3.00. The average molecular weight is 456 g/mol. The van der Waals surface area contributed by atoms with Gasteiger partial charge in [0.15, 0.2) is 5.78 Å². The van der Waals surface area contributed by atoms with E-state index in [1.807, 2.05) is 31.2 Å². The van der Waals surface area contributed by atoms with Gasteiger partial charge in [-0.3, -0.25) is 19.7 Å². The maximum Gasteiger partial charge on any atom is 0.286 e. The van der Waals surface area contributed by atoms with Crippen LogP contribution >= 0.6 is 11.8 Å². The van der Waals surface area contributed by atoms with Gasteiger partial charge < -0.3 is 14.6 Å². The van der Waals surface area contributed by atoms with Crippen molar-refractivity contribution < 1.29 is 29.0 Å². The van der Waals surface area contributed by atoms with Crippen molar-refractivity contribution in [1.29, 1.82) is 0 Å². The number of nitrogens with one attached hydrogen (secondary N) is 1. The summed E-state index contributed by atoms with van der Waals surface area (Å²) in [6.45, 7) is 5.77. The van der Waals surface area contributed by atoms with E-state index in [2.05, 4.69) is 5.32 Å². The number of amides is 2. The topological polar surface area (TPSA) is 102 Å². The van der Waals surface area contributed by atoms with Crippen LogP contribution in [0.4, 0.5) is 4.79 Å². The molecule has 2 atom stereocenters. The van der Waals surface area contributed by atoms with Gasteiger partial charge in [-0.2, -0.15) is 0 Å².